The Morgan fingerprint density at radius 2 is 2.21 bits per heavy atom. The fraction of sp³-hybridized carbons (Fsp3) is 0.143. The zero-order chi connectivity index (χ0) is 13.8. The maximum Gasteiger partial charge on any atom is 0.340 e. The van der Waals surface area contributed by atoms with Gasteiger partial charge in [0.1, 0.15) is 0 Å². The molecule has 0 aliphatic rings. The van der Waals surface area contributed by atoms with Gasteiger partial charge in [-0.25, -0.2) is 4.79 Å². The molecule has 19 heavy (non-hydrogen) atoms. The van der Waals surface area contributed by atoms with Crippen LogP contribution in [0.15, 0.2) is 24.4 Å². The number of aromatic nitrogens is 1. The average molecular weight is 256 g/mol. The fourth-order valence-corrected chi connectivity index (χ4v) is 1.71. The van der Waals surface area contributed by atoms with Crippen molar-refractivity contribution in [1.29, 1.82) is 0 Å². The van der Waals surface area contributed by atoms with Crippen LogP contribution in [-0.4, -0.2) is 24.0 Å². The number of hydrogen-bond donors (Lipinski definition) is 2. The van der Waals surface area contributed by atoms with Gasteiger partial charge in [0.25, 0.3) is 0 Å². The Labute approximate surface area is 109 Å². The third kappa shape index (κ3) is 2.75. The summed E-state index contributed by atoms with van der Waals surface area (Å²) in [7, 11) is 1.33. The number of benzene rings is 1. The van der Waals surface area contributed by atoms with Gasteiger partial charge >= 0.3 is 5.97 Å². The van der Waals surface area contributed by atoms with E-state index in [1.54, 1.807) is 18.3 Å². The third-order valence-corrected chi connectivity index (χ3v) is 2.58. The molecule has 3 N–H and O–H groups in total. The molecule has 0 radical (unpaired) electrons. The normalized spacial score (nSPS) is 9.74. The molecule has 0 aliphatic carbocycles. The number of aromatic amines is 1. The Bertz CT molecular complexity index is 704. The van der Waals surface area contributed by atoms with E-state index < -0.39 is 11.9 Å². The number of rotatable bonds is 2. The maximum absolute atomic E-state index is 11.6. The SMILES string of the molecule is COC(=O)c1c[nH]c2ccc(C#CCC(N)=O)cc12. The molecule has 0 fully saturated rings. The Morgan fingerprint density at radius 3 is 2.89 bits per heavy atom. The standard InChI is InChI=1S/C14H12N2O3/c1-19-14(18)11-8-16-12-6-5-9(7-10(11)12)3-2-4-13(15)17/h5-8,16H,4H2,1H3,(H2,15,17). The molecule has 1 aromatic carbocycles. The fourth-order valence-electron chi connectivity index (χ4n) is 1.71. The highest BCUT2D eigenvalue weighted by atomic mass is 16.5. The average Bonchev–Trinajstić information content (AvgIpc) is 2.80. The number of nitrogens with two attached hydrogens (primary N) is 1. The van der Waals surface area contributed by atoms with Crippen LogP contribution in [0.5, 0.6) is 0 Å². The molecular weight excluding hydrogens is 244 g/mol. The number of methoxy groups -OCH3 is 1. The minimum absolute atomic E-state index is 0.00896. The Balaban J connectivity index is 2.40. The molecule has 5 heteroatoms. The van der Waals surface area contributed by atoms with Gasteiger partial charge in [0.05, 0.1) is 19.1 Å². The molecule has 1 heterocycles. The molecule has 2 aromatic rings. The highest BCUT2D eigenvalue weighted by Crippen LogP contribution is 2.20. The molecule has 0 aliphatic heterocycles. The van der Waals surface area contributed by atoms with Crippen LogP contribution in [-0.2, 0) is 9.53 Å². The van der Waals surface area contributed by atoms with E-state index in [-0.39, 0.29) is 6.42 Å². The molecule has 1 aromatic heterocycles. The van der Waals surface area contributed by atoms with Crippen LogP contribution in [0.25, 0.3) is 10.9 Å². The number of esters is 1. The molecular formula is C14H12N2O3. The van der Waals surface area contributed by atoms with Crippen molar-refractivity contribution in [3.05, 3.63) is 35.5 Å². The minimum Gasteiger partial charge on any atom is -0.465 e. The second-order valence-electron chi connectivity index (χ2n) is 3.90. The van der Waals surface area contributed by atoms with E-state index >= 15 is 0 Å². The molecule has 1 amide bonds. The van der Waals surface area contributed by atoms with Crippen LogP contribution >= 0.6 is 0 Å². The summed E-state index contributed by atoms with van der Waals surface area (Å²) in [5, 5.41) is 0.734. The second kappa shape index (κ2) is 5.27. The van der Waals surface area contributed by atoms with Crippen molar-refractivity contribution in [1.82, 2.24) is 4.98 Å². The van der Waals surface area contributed by atoms with Crippen LogP contribution in [0.3, 0.4) is 0 Å². The summed E-state index contributed by atoms with van der Waals surface area (Å²) < 4.78 is 4.70. The Morgan fingerprint density at radius 1 is 1.42 bits per heavy atom. The number of fused-ring (bicyclic) bond motifs is 1. The van der Waals surface area contributed by atoms with Gasteiger partial charge in [0, 0.05) is 22.7 Å². The van der Waals surface area contributed by atoms with Crippen molar-refractivity contribution in [3.63, 3.8) is 0 Å². The quantitative estimate of drug-likeness (QED) is 0.625. The van der Waals surface area contributed by atoms with Gasteiger partial charge in [-0.1, -0.05) is 11.8 Å². The third-order valence-electron chi connectivity index (χ3n) is 2.58. The minimum atomic E-state index is -0.467. The largest absolute Gasteiger partial charge is 0.465 e. The van der Waals surface area contributed by atoms with Crippen molar-refractivity contribution >= 4 is 22.8 Å². The maximum atomic E-state index is 11.6. The van der Waals surface area contributed by atoms with Gasteiger partial charge in [-0.2, -0.15) is 0 Å². The topological polar surface area (TPSA) is 85.2 Å². The number of H-pyrrole nitrogens is 1. The van der Waals surface area contributed by atoms with Crippen molar-refractivity contribution in [3.8, 4) is 11.8 Å². The first kappa shape index (κ1) is 12.7. The lowest BCUT2D eigenvalue weighted by atomic mass is 10.1. The molecule has 0 bridgehead atoms. The lowest BCUT2D eigenvalue weighted by molar-refractivity contribution is -0.117. The molecule has 0 spiro atoms. The van der Waals surface area contributed by atoms with Crippen molar-refractivity contribution in [2.24, 2.45) is 5.73 Å². The Kier molecular flexibility index (Phi) is 3.53. The molecule has 0 saturated heterocycles. The summed E-state index contributed by atoms with van der Waals surface area (Å²) in [5.41, 5.74) is 6.99. The number of carbonyl (C=O) groups is 2. The zero-order valence-electron chi connectivity index (χ0n) is 10.3. The number of carbonyl (C=O) groups excluding carboxylic acids is 2. The predicted molar refractivity (Wildman–Crippen MR) is 70.3 cm³/mol. The van der Waals surface area contributed by atoms with Gasteiger partial charge in [-0.05, 0) is 18.2 Å². The number of hydrogen-bond acceptors (Lipinski definition) is 3. The van der Waals surface area contributed by atoms with E-state index in [1.807, 2.05) is 6.07 Å². The van der Waals surface area contributed by atoms with E-state index in [1.165, 1.54) is 7.11 Å². The summed E-state index contributed by atoms with van der Waals surface area (Å²) in [6.45, 7) is 0. The smallest absolute Gasteiger partial charge is 0.340 e. The van der Waals surface area contributed by atoms with Crippen LogP contribution in [0, 0.1) is 11.8 Å². The first-order chi connectivity index (χ1) is 9.11. The molecule has 2 rings (SSSR count). The molecule has 0 atom stereocenters. The number of nitrogens with one attached hydrogen (secondary N) is 1. The van der Waals surface area contributed by atoms with Gasteiger partial charge in [0.2, 0.25) is 5.91 Å². The summed E-state index contributed by atoms with van der Waals surface area (Å²) in [4.78, 5) is 25.1. The monoisotopic (exact) mass is 256 g/mol. The predicted octanol–water partition coefficient (Wildman–Crippen LogP) is 1.18. The summed E-state index contributed by atoms with van der Waals surface area (Å²) in [5.74, 6) is 4.62. The van der Waals surface area contributed by atoms with Crippen LogP contribution < -0.4 is 5.73 Å². The van der Waals surface area contributed by atoms with E-state index in [9.17, 15) is 9.59 Å². The van der Waals surface area contributed by atoms with Crippen LogP contribution in [0.1, 0.15) is 22.3 Å². The number of primary amides is 1. The lowest BCUT2D eigenvalue weighted by Crippen LogP contribution is -2.08. The van der Waals surface area contributed by atoms with Gasteiger partial charge < -0.3 is 15.5 Å². The second-order valence-corrected chi connectivity index (χ2v) is 3.90. The highest BCUT2D eigenvalue weighted by molar-refractivity contribution is 6.04. The van der Waals surface area contributed by atoms with E-state index in [2.05, 4.69) is 16.8 Å². The van der Waals surface area contributed by atoms with E-state index in [4.69, 9.17) is 10.5 Å². The van der Waals surface area contributed by atoms with Gasteiger partial charge in [-0.3, -0.25) is 4.79 Å². The van der Waals surface area contributed by atoms with E-state index in [0.29, 0.717) is 11.1 Å². The first-order valence-electron chi connectivity index (χ1n) is 5.58. The number of amides is 1. The summed E-state index contributed by atoms with van der Waals surface area (Å²) in [6.07, 6.45) is 1.60. The van der Waals surface area contributed by atoms with E-state index in [0.717, 1.165) is 10.9 Å². The van der Waals surface area contributed by atoms with Crippen molar-refractivity contribution in [2.75, 3.05) is 7.11 Å². The first-order valence-corrected chi connectivity index (χ1v) is 5.58. The van der Waals surface area contributed by atoms with Crippen molar-refractivity contribution in [2.45, 2.75) is 6.42 Å². The molecule has 5 nitrogen and oxygen atoms in total. The van der Waals surface area contributed by atoms with Crippen molar-refractivity contribution < 1.29 is 14.3 Å². The van der Waals surface area contributed by atoms with Gasteiger partial charge in [0.15, 0.2) is 0 Å². The van der Waals surface area contributed by atoms with Crippen LogP contribution in [0.2, 0.25) is 0 Å². The zero-order valence-corrected chi connectivity index (χ0v) is 10.3. The highest BCUT2D eigenvalue weighted by Gasteiger charge is 2.11. The summed E-state index contributed by atoms with van der Waals surface area (Å²) in [6, 6.07) is 5.38. The number of ether oxygens (including phenoxy) is 1. The lowest BCUT2D eigenvalue weighted by Gasteiger charge is -1.97. The Hall–Kier alpha value is -2.74. The van der Waals surface area contributed by atoms with Gasteiger partial charge in [-0.15, -0.1) is 0 Å². The molecule has 96 valence electrons. The summed E-state index contributed by atoms with van der Waals surface area (Å²) >= 11 is 0. The molecule has 0 saturated carbocycles. The van der Waals surface area contributed by atoms with Crippen LogP contribution in [0.4, 0.5) is 0 Å². The molecule has 0 unspecified atom stereocenters.